The number of aromatic nitrogens is 3. The number of benzene rings is 1. The number of para-hydroxylation sites is 1. The van der Waals surface area contributed by atoms with Gasteiger partial charge in [0.2, 0.25) is 5.82 Å². The van der Waals surface area contributed by atoms with E-state index in [4.69, 9.17) is 10.3 Å². The van der Waals surface area contributed by atoms with Crippen molar-refractivity contribution in [1.82, 2.24) is 15.1 Å². The van der Waals surface area contributed by atoms with Gasteiger partial charge in [0.25, 0.3) is 5.89 Å². The molecule has 0 saturated carbocycles. The van der Waals surface area contributed by atoms with Gasteiger partial charge in [-0.15, -0.1) is 11.3 Å². The fourth-order valence-electron chi connectivity index (χ4n) is 1.63. The molecule has 0 amide bonds. The standard InChI is InChI=1S/C12H10N4OS/c1-7-3-2-4-8(10(7)13)12-15-11(16-17-12)9-5-14-6-18-9/h2-6H,13H2,1H3. The Bertz CT molecular complexity index is 675. The van der Waals surface area contributed by atoms with Crippen LogP contribution in [0.5, 0.6) is 0 Å². The molecule has 3 aromatic rings. The Balaban J connectivity index is 2.06. The van der Waals surface area contributed by atoms with Crippen LogP contribution in [0.3, 0.4) is 0 Å². The first kappa shape index (κ1) is 10.9. The molecule has 0 fully saturated rings. The van der Waals surface area contributed by atoms with E-state index >= 15 is 0 Å². The summed E-state index contributed by atoms with van der Waals surface area (Å²) in [4.78, 5) is 9.19. The molecule has 1 aromatic carbocycles. The average molecular weight is 258 g/mol. The Kier molecular flexibility index (Phi) is 2.56. The maximum Gasteiger partial charge on any atom is 0.260 e. The lowest BCUT2D eigenvalue weighted by Gasteiger charge is -2.02. The average Bonchev–Trinajstić information content (AvgIpc) is 3.01. The van der Waals surface area contributed by atoms with Crippen LogP contribution in [0.2, 0.25) is 0 Å². The summed E-state index contributed by atoms with van der Waals surface area (Å²) < 4.78 is 5.25. The van der Waals surface area contributed by atoms with E-state index in [0.29, 0.717) is 17.4 Å². The highest BCUT2D eigenvalue weighted by atomic mass is 32.1. The first-order chi connectivity index (χ1) is 8.75. The van der Waals surface area contributed by atoms with Crippen LogP contribution >= 0.6 is 11.3 Å². The fraction of sp³-hybridized carbons (Fsp3) is 0.0833. The second-order valence-electron chi connectivity index (χ2n) is 3.82. The molecule has 2 N–H and O–H groups in total. The van der Waals surface area contributed by atoms with Gasteiger partial charge in [0.1, 0.15) is 0 Å². The monoisotopic (exact) mass is 258 g/mol. The number of aryl methyl sites for hydroxylation is 1. The molecule has 6 heteroatoms. The summed E-state index contributed by atoms with van der Waals surface area (Å²) in [5.41, 5.74) is 10.2. The number of hydrogen-bond acceptors (Lipinski definition) is 6. The lowest BCUT2D eigenvalue weighted by molar-refractivity contribution is 0.432. The molecule has 90 valence electrons. The number of nitrogens with zero attached hydrogens (tertiary/aromatic N) is 3. The molecule has 0 spiro atoms. The van der Waals surface area contributed by atoms with Gasteiger partial charge < -0.3 is 10.3 Å². The van der Waals surface area contributed by atoms with Gasteiger partial charge in [-0.05, 0) is 18.6 Å². The zero-order valence-corrected chi connectivity index (χ0v) is 10.4. The number of hydrogen-bond donors (Lipinski definition) is 1. The quantitative estimate of drug-likeness (QED) is 0.715. The highest BCUT2D eigenvalue weighted by Crippen LogP contribution is 2.29. The molecule has 0 aliphatic rings. The summed E-state index contributed by atoms with van der Waals surface area (Å²) in [7, 11) is 0. The van der Waals surface area contributed by atoms with Crippen molar-refractivity contribution in [1.29, 1.82) is 0 Å². The normalized spacial score (nSPS) is 10.7. The van der Waals surface area contributed by atoms with E-state index in [1.165, 1.54) is 11.3 Å². The Morgan fingerprint density at radius 3 is 3.00 bits per heavy atom. The van der Waals surface area contributed by atoms with Gasteiger partial charge in [-0.2, -0.15) is 4.98 Å². The summed E-state index contributed by atoms with van der Waals surface area (Å²) in [5.74, 6) is 0.966. The van der Waals surface area contributed by atoms with Gasteiger partial charge in [-0.1, -0.05) is 17.3 Å². The molecule has 3 rings (SSSR count). The summed E-state index contributed by atoms with van der Waals surface area (Å²) >= 11 is 1.46. The SMILES string of the molecule is Cc1cccc(-c2nc(-c3cncs3)no2)c1N. The van der Waals surface area contributed by atoms with E-state index < -0.39 is 0 Å². The summed E-state index contributed by atoms with van der Waals surface area (Å²) in [5, 5.41) is 3.93. The summed E-state index contributed by atoms with van der Waals surface area (Å²) in [6, 6.07) is 5.73. The number of thiazole rings is 1. The van der Waals surface area contributed by atoms with Crippen LogP contribution in [0, 0.1) is 6.92 Å². The van der Waals surface area contributed by atoms with E-state index in [1.807, 2.05) is 25.1 Å². The van der Waals surface area contributed by atoms with Crippen LogP contribution < -0.4 is 5.73 Å². The molecule has 0 saturated heterocycles. The summed E-state index contributed by atoms with van der Waals surface area (Å²) in [6.07, 6.45) is 1.71. The fourth-order valence-corrected chi connectivity index (χ4v) is 2.17. The zero-order valence-electron chi connectivity index (χ0n) is 9.62. The van der Waals surface area contributed by atoms with Crippen molar-refractivity contribution in [3.8, 4) is 22.2 Å². The number of anilines is 1. The molecule has 0 radical (unpaired) electrons. The van der Waals surface area contributed by atoms with E-state index in [-0.39, 0.29) is 0 Å². The molecule has 0 unspecified atom stereocenters. The van der Waals surface area contributed by atoms with Gasteiger partial charge in [-0.25, -0.2) is 0 Å². The van der Waals surface area contributed by atoms with Crippen LogP contribution in [-0.4, -0.2) is 15.1 Å². The predicted octanol–water partition coefficient (Wildman–Crippen LogP) is 2.75. The Hall–Kier alpha value is -2.21. The van der Waals surface area contributed by atoms with E-state index in [0.717, 1.165) is 16.0 Å². The zero-order chi connectivity index (χ0) is 12.5. The van der Waals surface area contributed by atoms with Crippen molar-refractivity contribution >= 4 is 17.0 Å². The molecule has 5 nitrogen and oxygen atoms in total. The molecule has 0 bridgehead atoms. The first-order valence-corrected chi connectivity index (χ1v) is 6.21. The van der Waals surface area contributed by atoms with Crippen LogP contribution in [0.4, 0.5) is 5.69 Å². The van der Waals surface area contributed by atoms with Gasteiger partial charge in [0.05, 0.1) is 16.0 Å². The molecule has 2 aromatic heterocycles. The second-order valence-corrected chi connectivity index (χ2v) is 4.71. The summed E-state index contributed by atoms with van der Waals surface area (Å²) in [6.45, 7) is 1.94. The topological polar surface area (TPSA) is 77.8 Å². The maximum atomic E-state index is 6.01. The minimum Gasteiger partial charge on any atom is -0.398 e. The molecule has 0 aliphatic carbocycles. The van der Waals surface area contributed by atoms with Crippen molar-refractivity contribution in [3.05, 3.63) is 35.5 Å². The van der Waals surface area contributed by atoms with Crippen molar-refractivity contribution in [2.45, 2.75) is 6.92 Å². The van der Waals surface area contributed by atoms with E-state index in [1.54, 1.807) is 11.7 Å². The highest BCUT2D eigenvalue weighted by Gasteiger charge is 2.14. The minimum absolute atomic E-state index is 0.430. The van der Waals surface area contributed by atoms with Crippen molar-refractivity contribution in [3.63, 3.8) is 0 Å². The largest absolute Gasteiger partial charge is 0.398 e. The van der Waals surface area contributed by atoms with Crippen molar-refractivity contribution < 1.29 is 4.52 Å². The van der Waals surface area contributed by atoms with Crippen molar-refractivity contribution in [2.75, 3.05) is 5.73 Å². The molecule has 2 heterocycles. The van der Waals surface area contributed by atoms with Crippen LogP contribution in [0.15, 0.2) is 34.4 Å². The van der Waals surface area contributed by atoms with E-state index in [2.05, 4.69) is 15.1 Å². The second kappa shape index (κ2) is 4.23. The Morgan fingerprint density at radius 1 is 1.33 bits per heavy atom. The number of rotatable bonds is 2. The molecule has 0 aliphatic heterocycles. The third kappa shape index (κ3) is 1.76. The Morgan fingerprint density at radius 2 is 2.22 bits per heavy atom. The molecule has 18 heavy (non-hydrogen) atoms. The van der Waals surface area contributed by atoms with Gasteiger partial charge in [0, 0.05) is 11.9 Å². The van der Waals surface area contributed by atoms with Gasteiger partial charge in [0.15, 0.2) is 0 Å². The number of nitrogens with two attached hydrogens (primary N) is 1. The highest BCUT2D eigenvalue weighted by molar-refractivity contribution is 7.13. The lowest BCUT2D eigenvalue weighted by atomic mass is 10.1. The van der Waals surface area contributed by atoms with Crippen LogP contribution in [0.1, 0.15) is 5.56 Å². The minimum atomic E-state index is 0.430. The van der Waals surface area contributed by atoms with Crippen LogP contribution in [-0.2, 0) is 0 Å². The smallest absolute Gasteiger partial charge is 0.260 e. The van der Waals surface area contributed by atoms with E-state index in [9.17, 15) is 0 Å². The van der Waals surface area contributed by atoms with Crippen LogP contribution in [0.25, 0.3) is 22.2 Å². The predicted molar refractivity (Wildman–Crippen MR) is 70.0 cm³/mol. The molecule has 0 atom stereocenters. The maximum absolute atomic E-state index is 6.01. The van der Waals surface area contributed by atoms with Crippen molar-refractivity contribution in [2.24, 2.45) is 0 Å². The third-order valence-electron chi connectivity index (χ3n) is 2.63. The molecular weight excluding hydrogens is 248 g/mol. The van der Waals surface area contributed by atoms with Gasteiger partial charge in [-0.3, -0.25) is 4.98 Å². The first-order valence-electron chi connectivity index (χ1n) is 5.34. The lowest BCUT2D eigenvalue weighted by Crippen LogP contribution is -1.93. The van der Waals surface area contributed by atoms with Gasteiger partial charge >= 0.3 is 0 Å². The molecular formula is C12H10N4OS. The number of nitrogen functional groups attached to an aromatic ring is 1. The third-order valence-corrected chi connectivity index (χ3v) is 3.40. The Labute approximate surface area is 107 Å².